The van der Waals surface area contributed by atoms with Gasteiger partial charge in [0.05, 0.1) is 5.39 Å². The van der Waals surface area contributed by atoms with Gasteiger partial charge in [-0.25, -0.2) is 18.4 Å². The Hall–Kier alpha value is -1.81. The number of hydrogen-bond acceptors (Lipinski definition) is 6. The summed E-state index contributed by atoms with van der Waals surface area (Å²) in [6.07, 6.45) is 5.51. The molecule has 4 heterocycles. The van der Waals surface area contributed by atoms with Gasteiger partial charge in [-0.15, -0.1) is 11.3 Å². The molecule has 1 fully saturated rings. The molecule has 0 aliphatic carbocycles. The molecule has 0 atom stereocenters. The highest BCUT2D eigenvalue weighted by Crippen LogP contribution is 2.24. The molecule has 136 valence electrons. The van der Waals surface area contributed by atoms with Gasteiger partial charge in [-0.1, -0.05) is 18.0 Å². The van der Waals surface area contributed by atoms with Crippen LogP contribution in [0, 0.1) is 0 Å². The molecule has 1 aliphatic rings. The van der Waals surface area contributed by atoms with Crippen LogP contribution in [0.1, 0.15) is 19.3 Å². The van der Waals surface area contributed by atoms with Gasteiger partial charge in [0.15, 0.2) is 10.8 Å². The van der Waals surface area contributed by atoms with Gasteiger partial charge >= 0.3 is 0 Å². The molecule has 3 aromatic heterocycles. The fourth-order valence-electron chi connectivity index (χ4n) is 3.06. The third kappa shape index (κ3) is 2.94. The summed E-state index contributed by atoms with van der Waals surface area (Å²) >= 11 is 7.30. The first-order chi connectivity index (χ1) is 12.5. The van der Waals surface area contributed by atoms with Crippen molar-refractivity contribution in [2.24, 2.45) is 0 Å². The van der Waals surface area contributed by atoms with Crippen molar-refractivity contribution in [3.05, 3.63) is 45.3 Å². The highest BCUT2D eigenvalue weighted by Gasteiger charge is 2.30. The van der Waals surface area contributed by atoms with Crippen LogP contribution in [0.5, 0.6) is 0 Å². The van der Waals surface area contributed by atoms with Gasteiger partial charge in [0.2, 0.25) is 15.5 Å². The van der Waals surface area contributed by atoms with Crippen molar-refractivity contribution in [1.29, 1.82) is 0 Å². The molecule has 4 rings (SSSR count). The molecule has 1 aliphatic heterocycles. The van der Waals surface area contributed by atoms with E-state index in [2.05, 4.69) is 9.97 Å². The molecular formula is C16H15ClN4O3S2. The van der Waals surface area contributed by atoms with Crippen LogP contribution in [0.25, 0.3) is 16.2 Å². The van der Waals surface area contributed by atoms with Gasteiger partial charge in [0, 0.05) is 30.9 Å². The standard InChI is InChI=1S/C16H15ClN4O3S2/c17-13-5-4-11-14(22)12(26(23,24)20-7-2-1-3-8-20)10-21(15(11)19-13)16-18-6-9-25-16/h4-6,9-10H,1-3,7-8H2. The first kappa shape index (κ1) is 17.6. The Morgan fingerprint density at radius 1 is 1.15 bits per heavy atom. The highest BCUT2D eigenvalue weighted by molar-refractivity contribution is 7.89. The lowest BCUT2D eigenvalue weighted by atomic mass is 10.2. The molecular weight excluding hydrogens is 396 g/mol. The molecule has 7 nitrogen and oxygen atoms in total. The summed E-state index contributed by atoms with van der Waals surface area (Å²) in [6, 6.07) is 2.99. The van der Waals surface area contributed by atoms with Crippen LogP contribution in [0.4, 0.5) is 0 Å². The van der Waals surface area contributed by atoms with Crippen molar-refractivity contribution < 1.29 is 8.42 Å². The number of aromatic nitrogens is 3. The van der Waals surface area contributed by atoms with Crippen molar-refractivity contribution in [3.8, 4) is 5.13 Å². The van der Waals surface area contributed by atoms with Crippen molar-refractivity contribution in [2.45, 2.75) is 24.2 Å². The average Bonchev–Trinajstić information content (AvgIpc) is 3.17. The molecule has 10 heteroatoms. The number of nitrogens with zero attached hydrogens (tertiary/aromatic N) is 4. The van der Waals surface area contributed by atoms with E-state index in [0.717, 1.165) is 19.3 Å². The van der Waals surface area contributed by atoms with Crippen molar-refractivity contribution in [1.82, 2.24) is 18.8 Å². The summed E-state index contributed by atoms with van der Waals surface area (Å²) in [7, 11) is -3.89. The van der Waals surface area contributed by atoms with Crippen LogP contribution in [0.15, 0.2) is 39.6 Å². The number of sulfonamides is 1. The van der Waals surface area contributed by atoms with E-state index in [9.17, 15) is 13.2 Å². The van der Waals surface area contributed by atoms with Crippen molar-refractivity contribution in [2.75, 3.05) is 13.1 Å². The molecule has 0 unspecified atom stereocenters. The van der Waals surface area contributed by atoms with Crippen LogP contribution in [0.2, 0.25) is 5.15 Å². The molecule has 0 amide bonds. The number of piperidine rings is 1. The first-order valence-electron chi connectivity index (χ1n) is 8.10. The second-order valence-corrected chi connectivity index (χ2v) is 9.14. The third-order valence-electron chi connectivity index (χ3n) is 4.34. The second kappa shape index (κ2) is 6.73. The lowest BCUT2D eigenvalue weighted by Crippen LogP contribution is -2.38. The van der Waals surface area contributed by atoms with Gasteiger partial charge in [0.1, 0.15) is 10.0 Å². The minimum Gasteiger partial charge on any atom is -0.288 e. The maximum absolute atomic E-state index is 13.1. The van der Waals surface area contributed by atoms with Gasteiger partial charge in [-0.2, -0.15) is 4.31 Å². The van der Waals surface area contributed by atoms with Crippen molar-refractivity contribution >= 4 is 44.0 Å². The monoisotopic (exact) mass is 410 g/mol. The zero-order chi connectivity index (χ0) is 18.3. The molecule has 0 aromatic carbocycles. The van der Waals surface area contributed by atoms with Gasteiger partial charge in [0.25, 0.3) is 0 Å². The quantitative estimate of drug-likeness (QED) is 0.619. The van der Waals surface area contributed by atoms with E-state index in [-0.39, 0.29) is 21.1 Å². The molecule has 1 saturated heterocycles. The summed E-state index contributed by atoms with van der Waals surface area (Å²) in [5, 5.41) is 2.69. The Morgan fingerprint density at radius 2 is 1.92 bits per heavy atom. The number of pyridine rings is 2. The zero-order valence-corrected chi connectivity index (χ0v) is 16.0. The molecule has 0 spiro atoms. The summed E-state index contributed by atoms with van der Waals surface area (Å²) in [4.78, 5) is 21.1. The Kier molecular flexibility index (Phi) is 4.55. The van der Waals surface area contributed by atoms with Crippen LogP contribution >= 0.6 is 22.9 Å². The van der Waals surface area contributed by atoms with Crippen LogP contribution in [-0.4, -0.2) is 40.3 Å². The Morgan fingerprint density at radius 3 is 2.62 bits per heavy atom. The second-order valence-electron chi connectivity index (χ2n) is 5.98. The third-order valence-corrected chi connectivity index (χ3v) is 7.22. The van der Waals surface area contributed by atoms with Gasteiger partial charge in [-0.05, 0) is 25.0 Å². The first-order valence-corrected chi connectivity index (χ1v) is 10.8. The topological polar surface area (TPSA) is 85.2 Å². The average molecular weight is 411 g/mol. The summed E-state index contributed by atoms with van der Waals surface area (Å²) in [6.45, 7) is 0.853. The summed E-state index contributed by atoms with van der Waals surface area (Å²) in [5.41, 5.74) is -0.280. The van der Waals surface area contributed by atoms with E-state index in [1.807, 2.05) is 0 Å². The lowest BCUT2D eigenvalue weighted by molar-refractivity contribution is 0.346. The predicted octanol–water partition coefficient (Wildman–Crippen LogP) is 2.67. The van der Waals surface area contributed by atoms with Crippen LogP contribution < -0.4 is 5.43 Å². The number of halogens is 1. The number of thiazole rings is 1. The lowest BCUT2D eigenvalue weighted by Gasteiger charge is -2.25. The largest absolute Gasteiger partial charge is 0.288 e. The smallest absolute Gasteiger partial charge is 0.248 e. The van der Waals surface area contributed by atoms with Crippen LogP contribution in [-0.2, 0) is 10.0 Å². The SMILES string of the molecule is O=c1c(S(=O)(=O)N2CCCCC2)cn(-c2nccs2)c2nc(Cl)ccc12. The maximum atomic E-state index is 13.1. The number of fused-ring (bicyclic) bond motifs is 1. The van der Waals surface area contributed by atoms with E-state index in [4.69, 9.17) is 11.6 Å². The van der Waals surface area contributed by atoms with E-state index in [1.165, 1.54) is 38.5 Å². The van der Waals surface area contributed by atoms with Gasteiger partial charge in [-0.3, -0.25) is 9.36 Å². The van der Waals surface area contributed by atoms with Crippen molar-refractivity contribution in [3.63, 3.8) is 0 Å². The van der Waals surface area contributed by atoms with E-state index in [1.54, 1.807) is 11.6 Å². The number of rotatable bonds is 3. The Balaban J connectivity index is 2.00. The van der Waals surface area contributed by atoms with E-state index >= 15 is 0 Å². The summed E-state index contributed by atoms with van der Waals surface area (Å²) in [5.74, 6) is 0. The molecule has 0 saturated carbocycles. The zero-order valence-electron chi connectivity index (χ0n) is 13.6. The highest BCUT2D eigenvalue weighted by atomic mass is 35.5. The number of hydrogen-bond donors (Lipinski definition) is 0. The molecule has 0 radical (unpaired) electrons. The summed E-state index contributed by atoms with van der Waals surface area (Å²) < 4.78 is 29.1. The maximum Gasteiger partial charge on any atom is 0.248 e. The Labute approximate surface area is 158 Å². The van der Waals surface area contributed by atoms with E-state index < -0.39 is 15.5 Å². The van der Waals surface area contributed by atoms with E-state index in [0.29, 0.717) is 18.2 Å². The fourth-order valence-corrected chi connectivity index (χ4v) is 5.43. The predicted molar refractivity (Wildman–Crippen MR) is 101 cm³/mol. The molecule has 26 heavy (non-hydrogen) atoms. The normalized spacial score (nSPS) is 16.2. The fraction of sp³-hybridized carbons (Fsp3) is 0.312. The van der Waals surface area contributed by atoms with Crippen LogP contribution in [0.3, 0.4) is 0 Å². The minimum absolute atomic E-state index is 0.197. The molecule has 0 bridgehead atoms. The Bertz CT molecular complexity index is 1120. The van der Waals surface area contributed by atoms with Gasteiger partial charge < -0.3 is 0 Å². The molecule has 0 N–H and O–H groups in total. The molecule has 3 aromatic rings. The minimum atomic E-state index is -3.89.